The van der Waals surface area contributed by atoms with Gasteiger partial charge >= 0.3 is 0 Å². The molecule has 1 heterocycles. The molecule has 0 spiro atoms. The van der Waals surface area contributed by atoms with E-state index in [0.717, 1.165) is 43.2 Å². The number of likely N-dealkylation sites (tertiary alicyclic amines) is 1. The van der Waals surface area contributed by atoms with E-state index in [1.54, 1.807) is 0 Å². The summed E-state index contributed by atoms with van der Waals surface area (Å²) in [7, 11) is 0. The van der Waals surface area contributed by atoms with Crippen LogP contribution >= 0.6 is 12.2 Å². The van der Waals surface area contributed by atoms with Crippen molar-refractivity contribution in [1.82, 2.24) is 4.90 Å². The van der Waals surface area contributed by atoms with Gasteiger partial charge in [0.05, 0.1) is 6.61 Å². The van der Waals surface area contributed by atoms with Crippen LogP contribution in [-0.2, 0) is 17.7 Å². The highest BCUT2D eigenvalue weighted by Crippen LogP contribution is 2.20. The number of rotatable bonds is 11. The zero-order valence-corrected chi connectivity index (χ0v) is 17.5. The highest BCUT2D eigenvalue weighted by atomic mass is 32.1. The van der Waals surface area contributed by atoms with Gasteiger partial charge in [0.25, 0.3) is 0 Å². The van der Waals surface area contributed by atoms with Crippen LogP contribution in [0.4, 0.5) is 5.69 Å². The molecule has 3 nitrogen and oxygen atoms in total. The van der Waals surface area contributed by atoms with Crippen LogP contribution in [0.5, 0.6) is 0 Å². The Morgan fingerprint density at radius 1 is 1.27 bits per heavy atom. The summed E-state index contributed by atoms with van der Waals surface area (Å²) in [5, 5.41) is 0.723. The molecule has 146 valence electrons. The lowest BCUT2D eigenvalue weighted by Crippen LogP contribution is -2.18. The summed E-state index contributed by atoms with van der Waals surface area (Å²) < 4.78 is 5.85. The first kappa shape index (κ1) is 21.2. The molecular weight excluding hydrogens is 340 g/mol. The first-order chi connectivity index (χ1) is 12.6. The molecule has 1 atom stereocenters. The minimum Gasteiger partial charge on any atom is -0.487 e. The number of benzene rings is 1. The normalized spacial score (nSPS) is 15.9. The molecule has 1 aliphatic heterocycles. The smallest absolute Gasteiger partial charge is 0.160 e. The van der Waals surface area contributed by atoms with E-state index >= 15 is 0 Å². The monoisotopic (exact) mass is 376 g/mol. The molecule has 0 saturated carbocycles. The lowest BCUT2D eigenvalue weighted by molar-refractivity contribution is 0.223. The largest absolute Gasteiger partial charge is 0.487 e. The van der Waals surface area contributed by atoms with Gasteiger partial charge in [-0.1, -0.05) is 45.2 Å². The molecule has 0 radical (unpaired) electrons. The number of nitrogens with zero attached hydrogens (tertiary/aromatic N) is 1. The van der Waals surface area contributed by atoms with Crippen molar-refractivity contribution in [3.05, 3.63) is 29.3 Å². The second-order valence-corrected chi connectivity index (χ2v) is 8.07. The van der Waals surface area contributed by atoms with Gasteiger partial charge in [-0.05, 0) is 74.1 Å². The van der Waals surface area contributed by atoms with Crippen molar-refractivity contribution < 1.29 is 4.74 Å². The van der Waals surface area contributed by atoms with Crippen LogP contribution in [0.25, 0.3) is 0 Å². The number of ether oxygens (including phenoxy) is 1. The maximum atomic E-state index is 6.28. The van der Waals surface area contributed by atoms with Gasteiger partial charge in [0.2, 0.25) is 0 Å². The zero-order chi connectivity index (χ0) is 18.8. The summed E-state index contributed by atoms with van der Waals surface area (Å²) in [6, 6.07) is 6.51. The minimum absolute atomic E-state index is 0.628. The molecule has 4 heteroatoms. The van der Waals surface area contributed by atoms with Crippen LogP contribution in [-0.4, -0.2) is 29.6 Å². The molecule has 1 aromatic carbocycles. The Morgan fingerprint density at radius 2 is 2.04 bits per heavy atom. The summed E-state index contributed by atoms with van der Waals surface area (Å²) in [4.78, 5) is 2.50. The maximum Gasteiger partial charge on any atom is 0.160 e. The van der Waals surface area contributed by atoms with Crippen molar-refractivity contribution in [3.63, 3.8) is 0 Å². The predicted octanol–water partition coefficient (Wildman–Crippen LogP) is 5.36. The summed E-state index contributed by atoms with van der Waals surface area (Å²) in [5.41, 5.74) is 9.66. The van der Waals surface area contributed by atoms with E-state index in [1.807, 2.05) is 0 Å². The van der Waals surface area contributed by atoms with E-state index in [1.165, 1.54) is 56.3 Å². The van der Waals surface area contributed by atoms with E-state index in [9.17, 15) is 0 Å². The third kappa shape index (κ3) is 7.24. The number of unbranched alkanes of at least 4 members (excludes halogenated alkanes) is 1. The summed E-state index contributed by atoms with van der Waals surface area (Å²) in [5.74, 6) is 0.628. The van der Waals surface area contributed by atoms with Crippen LogP contribution in [0.15, 0.2) is 18.2 Å². The second-order valence-electron chi connectivity index (χ2n) is 7.62. The summed E-state index contributed by atoms with van der Waals surface area (Å²) in [6.45, 7) is 8.67. The molecule has 1 saturated heterocycles. The molecule has 1 fully saturated rings. The number of nitrogens with two attached hydrogens (primary N) is 1. The van der Waals surface area contributed by atoms with Gasteiger partial charge in [0.15, 0.2) is 5.05 Å². The molecule has 2 N–H and O–H groups in total. The van der Waals surface area contributed by atoms with Crippen molar-refractivity contribution in [2.75, 3.05) is 25.4 Å². The number of anilines is 1. The number of hydrogen-bond donors (Lipinski definition) is 1. The predicted molar refractivity (Wildman–Crippen MR) is 116 cm³/mol. The van der Waals surface area contributed by atoms with Crippen molar-refractivity contribution in [2.45, 2.75) is 71.8 Å². The van der Waals surface area contributed by atoms with Crippen LogP contribution in [0.3, 0.4) is 0 Å². The molecule has 0 amide bonds. The van der Waals surface area contributed by atoms with Crippen molar-refractivity contribution in [3.8, 4) is 0 Å². The Bertz CT molecular complexity index is 555. The molecule has 2 rings (SSSR count). The Balaban J connectivity index is 1.74. The topological polar surface area (TPSA) is 38.5 Å². The number of nitrogen functional groups attached to an aromatic ring is 1. The van der Waals surface area contributed by atoms with Gasteiger partial charge in [0.1, 0.15) is 0 Å². The van der Waals surface area contributed by atoms with E-state index < -0.39 is 0 Å². The third-order valence-electron chi connectivity index (χ3n) is 5.44. The molecule has 26 heavy (non-hydrogen) atoms. The zero-order valence-electron chi connectivity index (χ0n) is 16.6. The maximum absolute atomic E-state index is 6.28. The Hall–Kier alpha value is -1.13. The Morgan fingerprint density at radius 3 is 2.69 bits per heavy atom. The van der Waals surface area contributed by atoms with E-state index in [0.29, 0.717) is 5.92 Å². The first-order valence-corrected chi connectivity index (χ1v) is 10.8. The first-order valence-electron chi connectivity index (χ1n) is 10.4. The van der Waals surface area contributed by atoms with Gasteiger partial charge in [-0.2, -0.15) is 0 Å². The fourth-order valence-corrected chi connectivity index (χ4v) is 3.76. The van der Waals surface area contributed by atoms with Crippen LogP contribution in [0.1, 0.15) is 69.9 Å². The van der Waals surface area contributed by atoms with Gasteiger partial charge in [0, 0.05) is 18.7 Å². The lowest BCUT2D eigenvalue weighted by Gasteiger charge is -2.17. The molecule has 0 bridgehead atoms. The molecular formula is C22H36N2OS. The number of hydrogen-bond acceptors (Lipinski definition) is 4. The van der Waals surface area contributed by atoms with Crippen molar-refractivity contribution in [2.24, 2.45) is 5.92 Å². The molecule has 1 aliphatic rings. The van der Waals surface area contributed by atoms with Crippen LogP contribution in [0.2, 0.25) is 0 Å². The Kier molecular flexibility index (Phi) is 9.41. The highest BCUT2D eigenvalue weighted by molar-refractivity contribution is 7.80. The van der Waals surface area contributed by atoms with Gasteiger partial charge < -0.3 is 10.5 Å². The lowest BCUT2D eigenvalue weighted by atomic mass is 10.0. The van der Waals surface area contributed by atoms with Gasteiger partial charge in [-0.3, -0.25) is 4.90 Å². The fourth-order valence-electron chi connectivity index (χ4n) is 3.59. The van der Waals surface area contributed by atoms with Gasteiger partial charge in [-0.25, -0.2) is 0 Å². The fraction of sp³-hybridized carbons (Fsp3) is 0.682. The highest BCUT2D eigenvalue weighted by Gasteiger charge is 2.13. The minimum atomic E-state index is 0.628. The average Bonchev–Trinajstić information content (AvgIpc) is 3.14. The number of aryl methyl sites for hydroxylation is 1. The molecule has 0 aliphatic carbocycles. The molecule has 0 aromatic heterocycles. The SMILES string of the molecule is CCCCC(CC)COC(=S)CCc1ccc(CN2CCCC2)cc1N. The average molecular weight is 377 g/mol. The quantitative estimate of drug-likeness (QED) is 0.417. The van der Waals surface area contributed by atoms with E-state index in [2.05, 4.69) is 36.9 Å². The molecule has 1 aromatic rings. The third-order valence-corrected chi connectivity index (χ3v) is 5.76. The van der Waals surface area contributed by atoms with Crippen LogP contribution < -0.4 is 5.73 Å². The molecule has 1 unspecified atom stereocenters. The van der Waals surface area contributed by atoms with E-state index in [-0.39, 0.29) is 0 Å². The standard InChI is InChI=1S/C22H36N2OS/c1-3-5-8-18(4-2)17-25-22(26)12-11-20-10-9-19(15-21(20)23)16-24-13-6-7-14-24/h9-10,15,18H,3-8,11-14,16-17,23H2,1-2H3. The van der Waals surface area contributed by atoms with Crippen LogP contribution in [0, 0.1) is 5.92 Å². The summed E-state index contributed by atoms with van der Waals surface area (Å²) in [6.07, 6.45) is 9.19. The summed E-state index contributed by atoms with van der Waals surface area (Å²) >= 11 is 5.43. The second kappa shape index (κ2) is 11.6. The van der Waals surface area contributed by atoms with Crippen molar-refractivity contribution >= 4 is 23.0 Å². The number of thiocarbonyl (C=S) groups is 1. The van der Waals surface area contributed by atoms with Gasteiger partial charge in [-0.15, -0.1) is 0 Å². The Labute approximate surface area is 165 Å². The van der Waals surface area contributed by atoms with Crippen molar-refractivity contribution in [1.29, 1.82) is 0 Å². The van der Waals surface area contributed by atoms with E-state index in [4.69, 9.17) is 22.7 Å².